The molecule has 1 N–H and O–H groups in total. The molecular weight excluding hydrogens is 442 g/mol. The minimum atomic E-state index is -0.809. The number of para-hydroxylation sites is 1. The van der Waals surface area contributed by atoms with Gasteiger partial charge in [-0.3, -0.25) is 24.7 Å². The second kappa shape index (κ2) is 9.95. The van der Waals surface area contributed by atoms with Crippen molar-refractivity contribution in [1.82, 2.24) is 10.2 Å². The van der Waals surface area contributed by atoms with E-state index in [1.165, 1.54) is 28.8 Å². The summed E-state index contributed by atoms with van der Waals surface area (Å²) in [6.45, 7) is 2.62. The normalized spacial score (nSPS) is 16.6. The molecule has 10 heteroatoms. The van der Waals surface area contributed by atoms with Crippen molar-refractivity contribution in [2.75, 3.05) is 6.54 Å². The largest absolute Gasteiger partial charge is 0.356 e. The summed E-state index contributed by atoms with van der Waals surface area (Å²) in [4.78, 5) is 46.9. The molecule has 2 aliphatic heterocycles. The quantitative estimate of drug-likeness (QED) is 0.362. The van der Waals surface area contributed by atoms with Crippen LogP contribution in [0.3, 0.4) is 0 Å². The van der Waals surface area contributed by atoms with E-state index >= 15 is 0 Å². The lowest BCUT2D eigenvalue weighted by Crippen LogP contribution is -2.42. The van der Waals surface area contributed by atoms with Crippen molar-refractivity contribution in [1.29, 1.82) is 0 Å². The highest BCUT2D eigenvalue weighted by atomic mass is 32.2. The maximum absolute atomic E-state index is 13.2. The van der Waals surface area contributed by atoms with Gasteiger partial charge in [0.25, 0.3) is 11.6 Å². The number of fused-ring (bicyclic) bond motifs is 3. The van der Waals surface area contributed by atoms with Gasteiger partial charge in [0.05, 0.1) is 17.0 Å². The predicted molar refractivity (Wildman–Crippen MR) is 128 cm³/mol. The van der Waals surface area contributed by atoms with Crippen LogP contribution in [0.15, 0.2) is 58.5 Å². The molecule has 33 heavy (non-hydrogen) atoms. The fraction of sp³-hybridized carbons (Fsp3) is 0.304. The number of non-ortho nitro benzene ring substituents is 1. The number of benzene rings is 2. The fourth-order valence-corrected chi connectivity index (χ4v) is 4.54. The third kappa shape index (κ3) is 4.95. The van der Waals surface area contributed by atoms with Gasteiger partial charge in [0.1, 0.15) is 11.9 Å². The Morgan fingerprint density at radius 1 is 1.24 bits per heavy atom. The van der Waals surface area contributed by atoms with Crippen LogP contribution in [0.4, 0.5) is 11.4 Å². The van der Waals surface area contributed by atoms with Crippen LogP contribution in [-0.4, -0.2) is 45.2 Å². The van der Waals surface area contributed by atoms with Crippen molar-refractivity contribution in [2.45, 2.75) is 38.0 Å². The number of amidine groups is 2. The van der Waals surface area contributed by atoms with Crippen LogP contribution in [0.2, 0.25) is 0 Å². The lowest BCUT2D eigenvalue weighted by molar-refractivity contribution is -0.384. The number of nitrogens with one attached hydrogen (secondary N) is 1. The Morgan fingerprint density at radius 3 is 2.85 bits per heavy atom. The number of rotatable bonds is 8. The summed E-state index contributed by atoms with van der Waals surface area (Å²) in [5, 5.41) is 14.3. The SMILES string of the molecule is CCCCNC(=O)C[C@@H]1N=C2c3ccccc3N=C(SCc3cccc([N+](=O)[O-])c3)N2C1=O. The van der Waals surface area contributed by atoms with E-state index in [0.717, 1.165) is 24.0 Å². The maximum atomic E-state index is 13.2. The molecule has 0 unspecified atom stereocenters. The number of carbonyl (C=O) groups is 2. The van der Waals surface area contributed by atoms with E-state index in [1.54, 1.807) is 12.1 Å². The molecule has 0 bridgehead atoms. The molecule has 9 nitrogen and oxygen atoms in total. The van der Waals surface area contributed by atoms with Crippen molar-refractivity contribution >= 4 is 46.0 Å². The third-order valence-corrected chi connectivity index (χ3v) is 6.28. The number of unbranched alkanes of at least 4 members (excludes halogenated alkanes) is 1. The number of amides is 2. The number of hydrogen-bond donors (Lipinski definition) is 1. The second-order valence-electron chi connectivity index (χ2n) is 7.68. The Bertz CT molecular complexity index is 1160. The Balaban J connectivity index is 1.56. The Labute approximate surface area is 195 Å². The van der Waals surface area contributed by atoms with Gasteiger partial charge in [0.15, 0.2) is 5.17 Å². The molecule has 0 fully saturated rings. The van der Waals surface area contributed by atoms with Crippen LogP contribution in [0.5, 0.6) is 0 Å². The van der Waals surface area contributed by atoms with E-state index in [1.807, 2.05) is 31.2 Å². The molecule has 0 spiro atoms. The molecule has 0 saturated heterocycles. The number of hydrogen-bond acceptors (Lipinski definition) is 7. The summed E-state index contributed by atoms with van der Waals surface area (Å²) in [5.41, 5.74) is 2.18. The van der Waals surface area contributed by atoms with Gasteiger partial charge in [0, 0.05) is 30.0 Å². The van der Waals surface area contributed by atoms with Crippen LogP contribution < -0.4 is 5.32 Å². The first-order valence-corrected chi connectivity index (χ1v) is 11.7. The zero-order valence-corrected chi connectivity index (χ0v) is 18.9. The highest BCUT2D eigenvalue weighted by molar-refractivity contribution is 8.13. The maximum Gasteiger partial charge on any atom is 0.269 e. The molecule has 2 amide bonds. The molecule has 170 valence electrons. The Morgan fingerprint density at radius 2 is 2.06 bits per heavy atom. The van der Waals surface area contributed by atoms with Crippen LogP contribution in [-0.2, 0) is 15.3 Å². The smallest absolute Gasteiger partial charge is 0.269 e. The van der Waals surface area contributed by atoms with E-state index < -0.39 is 11.0 Å². The molecule has 4 rings (SSSR count). The first kappa shape index (κ1) is 22.7. The van der Waals surface area contributed by atoms with Crippen molar-refractivity contribution < 1.29 is 14.5 Å². The molecule has 2 aromatic carbocycles. The van der Waals surface area contributed by atoms with Crippen molar-refractivity contribution in [3.63, 3.8) is 0 Å². The average Bonchev–Trinajstić information content (AvgIpc) is 3.14. The highest BCUT2D eigenvalue weighted by Crippen LogP contribution is 2.35. The van der Waals surface area contributed by atoms with Crippen molar-refractivity contribution in [2.24, 2.45) is 9.98 Å². The molecule has 0 saturated carbocycles. The number of carbonyl (C=O) groups excluding carboxylic acids is 2. The van der Waals surface area contributed by atoms with Crippen molar-refractivity contribution in [3.8, 4) is 0 Å². The molecular formula is C23H23N5O4S. The van der Waals surface area contributed by atoms with Crippen LogP contribution in [0, 0.1) is 10.1 Å². The van der Waals surface area contributed by atoms with Crippen LogP contribution in [0.1, 0.15) is 37.3 Å². The van der Waals surface area contributed by atoms with Gasteiger partial charge in [-0.05, 0) is 24.1 Å². The molecule has 0 aromatic heterocycles. The van der Waals surface area contributed by atoms with E-state index in [0.29, 0.717) is 29.0 Å². The van der Waals surface area contributed by atoms with E-state index in [4.69, 9.17) is 0 Å². The summed E-state index contributed by atoms with van der Waals surface area (Å²) in [6.07, 6.45) is 1.83. The van der Waals surface area contributed by atoms with E-state index in [2.05, 4.69) is 15.3 Å². The monoisotopic (exact) mass is 465 g/mol. The summed E-state index contributed by atoms with van der Waals surface area (Å²) < 4.78 is 0. The van der Waals surface area contributed by atoms with E-state index in [9.17, 15) is 19.7 Å². The molecule has 2 aromatic rings. The summed E-state index contributed by atoms with van der Waals surface area (Å²) >= 11 is 1.30. The standard InChI is InChI=1S/C23H23N5O4S/c1-2-3-11-24-20(29)13-19-22(30)27-21(25-19)17-9-4-5-10-18(17)26-23(27)33-14-15-7-6-8-16(12-15)28(31)32/h4-10,12,19H,2-3,11,13-14H2,1H3,(H,24,29)/t19-/m0/s1. The highest BCUT2D eigenvalue weighted by Gasteiger charge is 2.42. The molecule has 1 atom stereocenters. The first-order valence-electron chi connectivity index (χ1n) is 10.7. The first-order chi connectivity index (χ1) is 16.0. The van der Waals surface area contributed by atoms with Gasteiger partial charge >= 0.3 is 0 Å². The van der Waals surface area contributed by atoms with Gasteiger partial charge < -0.3 is 5.32 Å². The van der Waals surface area contributed by atoms with Gasteiger partial charge in [-0.1, -0.05) is 49.4 Å². The average molecular weight is 466 g/mol. The molecule has 2 heterocycles. The number of nitro groups is 1. The van der Waals surface area contributed by atoms with Crippen LogP contribution in [0.25, 0.3) is 0 Å². The minimum absolute atomic E-state index is 0.0117. The lowest BCUT2D eigenvalue weighted by atomic mass is 10.1. The van der Waals surface area contributed by atoms with Gasteiger partial charge in [-0.2, -0.15) is 0 Å². The zero-order valence-electron chi connectivity index (χ0n) is 18.1. The molecule has 2 aliphatic rings. The second-order valence-corrected chi connectivity index (χ2v) is 8.62. The number of aliphatic imine (C=N–C) groups is 2. The molecule has 0 radical (unpaired) electrons. The summed E-state index contributed by atoms with van der Waals surface area (Å²) in [5.74, 6) is 0.373. The molecule has 0 aliphatic carbocycles. The number of thioether (sulfide) groups is 1. The number of nitrogens with zero attached hydrogens (tertiary/aromatic N) is 4. The lowest BCUT2D eigenvalue weighted by Gasteiger charge is -2.25. The Kier molecular flexibility index (Phi) is 6.83. The van der Waals surface area contributed by atoms with Gasteiger partial charge in [-0.25, -0.2) is 9.89 Å². The third-order valence-electron chi connectivity index (χ3n) is 5.27. The van der Waals surface area contributed by atoms with Gasteiger partial charge in [-0.15, -0.1) is 0 Å². The predicted octanol–water partition coefficient (Wildman–Crippen LogP) is 3.79. The van der Waals surface area contributed by atoms with Crippen LogP contribution >= 0.6 is 11.8 Å². The van der Waals surface area contributed by atoms with E-state index in [-0.39, 0.29) is 23.9 Å². The zero-order chi connectivity index (χ0) is 23.4. The Hall–Kier alpha value is -3.53. The summed E-state index contributed by atoms with van der Waals surface area (Å²) in [7, 11) is 0. The topological polar surface area (TPSA) is 117 Å². The summed E-state index contributed by atoms with van der Waals surface area (Å²) in [6, 6.07) is 13.0. The van der Waals surface area contributed by atoms with Gasteiger partial charge in [0.2, 0.25) is 5.91 Å². The minimum Gasteiger partial charge on any atom is -0.356 e. The fourth-order valence-electron chi connectivity index (χ4n) is 3.59. The number of nitro benzene ring substituents is 1. The van der Waals surface area contributed by atoms with Crippen molar-refractivity contribution in [3.05, 3.63) is 69.8 Å².